The number of hydrogen-bond donors (Lipinski definition) is 2. The second-order valence-corrected chi connectivity index (χ2v) is 4.90. The first-order valence-electron chi connectivity index (χ1n) is 6.58. The zero-order valence-corrected chi connectivity index (χ0v) is 11.5. The van der Waals surface area contributed by atoms with Crippen LogP contribution in [0.3, 0.4) is 0 Å². The number of nitrogens with one attached hydrogen (secondary N) is 1. The Morgan fingerprint density at radius 2 is 2.05 bits per heavy atom. The fourth-order valence-electron chi connectivity index (χ4n) is 2.19. The van der Waals surface area contributed by atoms with E-state index in [9.17, 15) is 5.11 Å². The highest BCUT2D eigenvalue weighted by molar-refractivity contribution is 5.16. The zero-order chi connectivity index (χ0) is 13.7. The second kappa shape index (κ2) is 6.50. The summed E-state index contributed by atoms with van der Waals surface area (Å²) in [6.45, 7) is 2.21. The summed E-state index contributed by atoms with van der Waals surface area (Å²) >= 11 is 0. The van der Waals surface area contributed by atoms with Crippen LogP contribution in [0.4, 0.5) is 0 Å². The first-order valence-corrected chi connectivity index (χ1v) is 6.58. The lowest BCUT2D eigenvalue weighted by molar-refractivity contribution is 0.232. The normalized spacial score (nSPS) is 14.3. The lowest BCUT2D eigenvalue weighted by Gasteiger charge is -2.21. The van der Waals surface area contributed by atoms with Crippen molar-refractivity contribution in [3.05, 3.63) is 53.9 Å². The third-order valence-electron chi connectivity index (χ3n) is 3.26. The van der Waals surface area contributed by atoms with Crippen LogP contribution in [0.5, 0.6) is 0 Å². The Hall–Kier alpha value is -1.65. The molecule has 1 aromatic heterocycles. The Labute approximate surface area is 114 Å². The first kappa shape index (κ1) is 13.8. The van der Waals surface area contributed by atoms with Crippen LogP contribution < -0.4 is 5.32 Å². The second-order valence-electron chi connectivity index (χ2n) is 4.90. The van der Waals surface area contributed by atoms with Crippen LogP contribution in [-0.2, 0) is 13.5 Å². The highest BCUT2D eigenvalue weighted by atomic mass is 16.3. The molecule has 2 unspecified atom stereocenters. The summed E-state index contributed by atoms with van der Waals surface area (Å²) in [6, 6.07) is 10.4. The largest absolute Gasteiger partial charge is 0.395 e. The molecule has 2 atom stereocenters. The highest BCUT2D eigenvalue weighted by Crippen LogP contribution is 2.13. The van der Waals surface area contributed by atoms with Crippen LogP contribution in [0.15, 0.2) is 42.7 Å². The van der Waals surface area contributed by atoms with Gasteiger partial charge in [-0.2, -0.15) is 5.10 Å². The molecule has 2 rings (SSSR count). The van der Waals surface area contributed by atoms with Crippen LogP contribution >= 0.6 is 0 Å². The molecule has 1 heterocycles. The molecule has 102 valence electrons. The lowest BCUT2D eigenvalue weighted by Crippen LogP contribution is -2.36. The van der Waals surface area contributed by atoms with Gasteiger partial charge in [0, 0.05) is 30.9 Å². The van der Waals surface area contributed by atoms with Gasteiger partial charge in [0.05, 0.1) is 12.8 Å². The minimum absolute atomic E-state index is 0.0533. The number of aryl methyl sites for hydroxylation is 1. The molecule has 4 nitrogen and oxygen atoms in total. The van der Waals surface area contributed by atoms with E-state index >= 15 is 0 Å². The Morgan fingerprint density at radius 1 is 1.32 bits per heavy atom. The Kier molecular flexibility index (Phi) is 4.71. The summed E-state index contributed by atoms with van der Waals surface area (Å²) < 4.78 is 1.79. The van der Waals surface area contributed by atoms with Gasteiger partial charge < -0.3 is 10.4 Å². The van der Waals surface area contributed by atoms with E-state index in [2.05, 4.69) is 29.5 Å². The van der Waals surface area contributed by atoms with Crippen molar-refractivity contribution < 1.29 is 5.11 Å². The third kappa shape index (κ3) is 3.91. The molecule has 0 aliphatic rings. The van der Waals surface area contributed by atoms with Crippen molar-refractivity contribution in [2.45, 2.75) is 25.4 Å². The summed E-state index contributed by atoms with van der Waals surface area (Å²) in [5, 5.41) is 17.1. The summed E-state index contributed by atoms with van der Waals surface area (Å²) in [4.78, 5) is 0. The molecular formula is C15H21N3O. The molecule has 4 heteroatoms. The van der Waals surface area contributed by atoms with E-state index in [1.54, 1.807) is 4.68 Å². The number of aliphatic hydroxyl groups excluding tert-OH is 1. The van der Waals surface area contributed by atoms with E-state index < -0.39 is 0 Å². The fourth-order valence-corrected chi connectivity index (χ4v) is 2.19. The van der Waals surface area contributed by atoms with Crippen molar-refractivity contribution in [3.8, 4) is 0 Å². The molecule has 0 saturated heterocycles. The molecule has 0 saturated carbocycles. The van der Waals surface area contributed by atoms with E-state index in [0.29, 0.717) is 0 Å². The summed E-state index contributed by atoms with van der Waals surface area (Å²) in [5.41, 5.74) is 2.36. The predicted octanol–water partition coefficient (Wildman–Crippen LogP) is 1.67. The Balaban J connectivity index is 1.95. The van der Waals surface area contributed by atoms with Gasteiger partial charge in [0.25, 0.3) is 0 Å². The molecule has 0 spiro atoms. The molecule has 0 aliphatic heterocycles. The maximum atomic E-state index is 9.51. The molecule has 0 aliphatic carbocycles. The maximum absolute atomic E-state index is 9.51. The molecule has 0 radical (unpaired) electrons. The van der Waals surface area contributed by atoms with Crippen LogP contribution in [0.25, 0.3) is 0 Å². The van der Waals surface area contributed by atoms with Gasteiger partial charge in [-0.05, 0) is 18.9 Å². The molecule has 19 heavy (non-hydrogen) atoms. The van der Waals surface area contributed by atoms with Crippen LogP contribution in [0, 0.1) is 0 Å². The minimum atomic E-state index is 0.0533. The van der Waals surface area contributed by atoms with E-state index in [1.165, 1.54) is 5.56 Å². The van der Waals surface area contributed by atoms with Crippen LogP contribution in [-0.4, -0.2) is 27.5 Å². The van der Waals surface area contributed by atoms with E-state index in [4.69, 9.17) is 0 Å². The third-order valence-corrected chi connectivity index (χ3v) is 3.26. The van der Waals surface area contributed by atoms with Crippen molar-refractivity contribution in [2.24, 2.45) is 7.05 Å². The number of aromatic nitrogens is 2. The Morgan fingerprint density at radius 3 is 2.63 bits per heavy atom. The molecule has 0 fully saturated rings. The van der Waals surface area contributed by atoms with Gasteiger partial charge in [-0.15, -0.1) is 0 Å². The van der Waals surface area contributed by atoms with Gasteiger partial charge in [-0.1, -0.05) is 30.3 Å². The highest BCUT2D eigenvalue weighted by Gasteiger charge is 2.14. The monoisotopic (exact) mass is 259 g/mol. The van der Waals surface area contributed by atoms with Gasteiger partial charge >= 0.3 is 0 Å². The van der Waals surface area contributed by atoms with Crippen LogP contribution in [0.2, 0.25) is 0 Å². The quantitative estimate of drug-likeness (QED) is 0.829. The number of rotatable bonds is 6. The molecule has 0 bridgehead atoms. The fraction of sp³-hybridized carbons (Fsp3) is 0.400. The zero-order valence-electron chi connectivity index (χ0n) is 11.5. The average molecular weight is 259 g/mol. The van der Waals surface area contributed by atoms with Gasteiger partial charge in [-0.3, -0.25) is 4.68 Å². The number of hydrogen-bond acceptors (Lipinski definition) is 3. The molecular weight excluding hydrogens is 238 g/mol. The standard InChI is InChI=1S/C15H21N3O/c1-12(14-9-16-18(2)10-14)17-15(11-19)8-13-6-4-3-5-7-13/h3-7,9-10,12,15,17,19H,8,11H2,1-2H3. The van der Waals surface area contributed by atoms with E-state index in [1.807, 2.05) is 37.6 Å². The predicted molar refractivity (Wildman–Crippen MR) is 75.8 cm³/mol. The first-order chi connectivity index (χ1) is 9.19. The molecule has 0 amide bonds. The summed E-state index contributed by atoms with van der Waals surface area (Å²) in [5.74, 6) is 0. The van der Waals surface area contributed by atoms with Gasteiger partial charge in [0.2, 0.25) is 0 Å². The van der Waals surface area contributed by atoms with Gasteiger partial charge in [0.1, 0.15) is 0 Å². The van der Waals surface area contributed by atoms with E-state index in [0.717, 1.165) is 12.0 Å². The SMILES string of the molecule is CC(NC(CO)Cc1ccccc1)c1cnn(C)c1. The summed E-state index contributed by atoms with van der Waals surface area (Å²) in [6.07, 6.45) is 4.67. The van der Waals surface area contributed by atoms with E-state index in [-0.39, 0.29) is 18.7 Å². The maximum Gasteiger partial charge on any atom is 0.0588 e. The van der Waals surface area contributed by atoms with Gasteiger partial charge in [-0.25, -0.2) is 0 Å². The van der Waals surface area contributed by atoms with Crippen molar-refractivity contribution >= 4 is 0 Å². The molecule has 2 N–H and O–H groups in total. The van der Waals surface area contributed by atoms with Crippen molar-refractivity contribution in [3.63, 3.8) is 0 Å². The van der Waals surface area contributed by atoms with Crippen molar-refractivity contribution in [1.82, 2.24) is 15.1 Å². The van der Waals surface area contributed by atoms with Crippen LogP contribution in [0.1, 0.15) is 24.1 Å². The average Bonchev–Trinajstić information content (AvgIpc) is 2.86. The number of aliphatic hydroxyl groups is 1. The molecule has 1 aromatic carbocycles. The number of nitrogens with zero attached hydrogens (tertiary/aromatic N) is 2. The van der Waals surface area contributed by atoms with Gasteiger partial charge in [0.15, 0.2) is 0 Å². The lowest BCUT2D eigenvalue weighted by atomic mass is 10.0. The minimum Gasteiger partial charge on any atom is -0.395 e. The van der Waals surface area contributed by atoms with Crippen molar-refractivity contribution in [1.29, 1.82) is 0 Å². The van der Waals surface area contributed by atoms with Crippen molar-refractivity contribution in [2.75, 3.05) is 6.61 Å². The summed E-state index contributed by atoms with van der Waals surface area (Å²) in [7, 11) is 1.91. The topological polar surface area (TPSA) is 50.1 Å². The number of benzene rings is 1. The molecule has 2 aromatic rings. The Bertz CT molecular complexity index is 495. The smallest absolute Gasteiger partial charge is 0.0588 e.